The summed E-state index contributed by atoms with van der Waals surface area (Å²) in [7, 11) is -3.99. The second-order valence-corrected chi connectivity index (χ2v) is 11.7. The van der Waals surface area contributed by atoms with Crippen LogP contribution in [0.25, 0.3) is 0 Å². The van der Waals surface area contributed by atoms with E-state index in [-0.39, 0.29) is 23.4 Å². The summed E-state index contributed by atoms with van der Waals surface area (Å²) in [5.41, 5.74) is 3.51. The molecule has 7 heteroatoms. The molecular formula is C31H31ClN2O3S. The third kappa shape index (κ3) is 6.82. The first-order chi connectivity index (χ1) is 18.2. The monoisotopic (exact) mass is 546 g/mol. The van der Waals surface area contributed by atoms with Gasteiger partial charge in [0.1, 0.15) is 0 Å². The molecule has 0 unspecified atom stereocenters. The number of anilines is 1. The molecule has 38 heavy (non-hydrogen) atoms. The van der Waals surface area contributed by atoms with Crippen molar-refractivity contribution in [2.24, 2.45) is 0 Å². The summed E-state index contributed by atoms with van der Waals surface area (Å²) in [5.74, 6) is -0.318. The molecule has 196 valence electrons. The Morgan fingerprint density at radius 2 is 1.47 bits per heavy atom. The third-order valence-electron chi connectivity index (χ3n) is 6.35. The number of amides is 1. The molecule has 0 fully saturated rings. The predicted molar refractivity (Wildman–Crippen MR) is 154 cm³/mol. The molecule has 0 saturated carbocycles. The molecule has 1 N–H and O–H groups in total. The van der Waals surface area contributed by atoms with E-state index >= 15 is 0 Å². The van der Waals surface area contributed by atoms with Gasteiger partial charge in [-0.1, -0.05) is 83.9 Å². The number of carbonyl (C=O) groups excluding carboxylic acids is 1. The molecule has 0 radical (unpaired) electrons. The number of rotatable bonds is 10. The highest BCUT2D eigenvalue weighted by molar-refractivity contribution is 7.92. The van der Waals surface area contributed by atoms with Crippen molar-refractivity contribution < 1.29 is 13.2 Å². The molecule has 0 spiro atoms. The summed E-state index contributed by atoms with van der Waals surface area (Å²) in [6.45, 7) is 3.90. The van der Waals surface area contributed by atoms with Gasteiger partial charge in [-0.15, -0.1) is 0 Å². The molecule has 4 aromatic carbocycles. The van der Waals surface area contributed by atoms with E-state index in [4.69, 9.17) is 11.6 Å². The number of sulfonamides is 1. The van der Waals surface area contributed by atoms with E-state index in [1.807, 2.05) is 32.0 Å². The summed E-state index contributed by atoms with van der Waals surface area (Å²) in [6.07, 6.45) is 1.59. The van der Waals surface area contributed by atoms with E-state index in [1.54, 1.807) is 72.8 Å². The van der Waals surface area contributed by atoms with Gasteiger partial charge in [-0.25, -0.2) is 8.42 Å². The van der Waals surface area contributed by atoms with E-state index in [0.29, 0.717) is 16.3 Å². The quantitative estimate of drug-likeness (QED) is 0.238. The van der Waals surface area contributed by atoms with Crippen LogP contribution in [0.3, 0.4) is 0 Å². The second kappa shape index (κ2) is 12.3. The SMILES string of the molecule is Cc1ccc(S(=O)(=O)N(Cc2ccc(Cl)cc2)c2ccccc2C(=O)N[C@H](C)CCc2ccccc2)cc1. The van der Waals surface area contributed by atoms with Gasteiger partial charge in [0.05, 0.1) is 22.7 Å². The van der Waals surface area contributed by atoms with Gasteiger partial charge in [-0.05, 0) is 74.2 Å². The Bertz CT molecular complexity index is 1470. The van der Waals surface area contributed by atoms with E-state index in [9.17, 15) is 13.2 Å². The molecule has 1 atom stereocenters. The molecule has 0 aromatic heterocycles. The van der Waals surface area contributed by atoms with Gasteiger partial charge in [0.15, 0.2) is 0 Å². The van der Waals surface area contributed by atoms with E-state index in [1.165, 1.54) is 9.87 Å². The molecule has 0 aliphatic rings. The van der Waals surface area contributed by atoms with Crippen molar-refractivity contribution >= 4 is 33.2 Å². The van der Waals surface area contributed by atoms with Crippen molar-refractivity contribution in [3.63, 3.8) is 0 Å². The maximum atomic E-state index is 13.9. The topological polar surface area (TPSA) is 66.5 Å². The van der Waals surface area contributed by atoms with Gasteiger partial charge in [0.25, 0.3) is 15.9 Å². The summed E-state index contributed by atoms with van der Waals surface area (Å²) in [5, 5.41) is 3.61. The number of nitrogens with one attached hydrogen (secondary N) is 1. The minimum atomic E-state index is -3.99. The van der Waals surface area contributed by atoms with E-state index in [0.717, 1.165) is 24.0 Å². The number of para-hydroxylation sites is 1. The van der Waals surface area contributed by atoms with Gasteiger partial charge < -0.3 is 5.32 Å². The maximum Gasteiger partial charge on any atom is 0.264 e. The number of aryl methyl sites for hydroxylation is 2. The molecule has 0 heterocycles. The highest BCUT2D eigenvalue weighted by Crippen LogP contribution is 2.30. The van der Waals surface area contributed by atoms with E-state index < -0.39 is 10.0 Å². The van der Waals surface area contributed by atoms with Crippen molar-refractivity contribution in [1.29, 1.82) is 0 Å². The van der Waals surface area contributed by atoms with Crippen molar-refractivity contribution in [1.82, 2.24) is 5.32 Å². The Morgan fingerprint density at radius 3 is 2.16 bits per heavy atom. The average Bonchev–Trinajstić information content (AvgIpc) is 2.92. The van der Waals surface area contributed by atoms with Gasteiger partial charge in [0.2, 0.25) is 0 Å². The van der Waals surface area contributed by atoms with Crippen molar-refractivity contribution in [2.75, 3.05) is 4.31 Å². The lowest BCUT2D eigenvalue weighted by atomic mass is 10.1. The fraction of sp³-hybridized carbons (Fsp3) is 0.194. The normalized spacial score (nSPS) is 12.1. The van der Waals surface area contributed by atoms with Crippen molar-refractivity contribution in [3.8, 4) is 0 Å². The molecule has 0 aliphatic heterocycles. The number of halogens is 1. The van der Waals surface area contributed by atoms with Gasteiger partial charge in [0, 0.05) is 11.1 Å². The Kier molecular flexibility index (Phi) is 8.87. The van der Waals surface area contributed by atoms with Crippen molar-refractivity contribution in [3.05, 3.63) is 130 Å². The molecule has 1 amide bonds. The summed E-state index contributed by atoms with van der Waals surface area (Å²) < 4.78 is 29.2. The van der Waals surface area contributed by atoms with Crippen LogP contribution in [-0.4, -0.2) is 20.4 Å². The Labute approximate surface area is 230 Å². The van der Waals surface area contributed by atoms with Crippen LogP contribution in [0.5, 0.6) is 0 Å². The minimum absolute atomic E-state index is 0.0429. The average molecular weight is 547 g/mol. The standard InChI is InChI=1S/C31H31ClN2O3S/c1-23-12-20-28(21-13-23)38(36,37)34(22-26-16-18-27(32)19-17-26)30-11-7-6-10-29(30)31(35)33-24(2)14-15-25-8-4-3-5-9-25/h3-13,16-21,24H,14-15,22H2,1-2H3,(H,33,35)/t24-/m1/s1. The third-order valence-corrected chi connectivity index (χ3v) is 8.38. The highest BCUT2D eigenvalue weighted by atomic mass is 35.5. The Balaban J connectivity index is 1.65. The van der Waals surface area contributed by atoms with Crippen LogP contribution in [0.1, 0.15) is 40.4 Å². The molecule has 0 saturated heterocycles. The summed E-state index contributed by atoms with van der Waals surface area (Å²) in [6, 6.07) is 30.5. The van der Waals surface area contributed by atoms with Crippen LogP contribution >= 0.6 is 11.6 Å². The molecule has 5 nitrogen and oxygen atoms in total. The van der Waals surface area contributed by atoms with Crippen LogP contribution in [-0.2, 0) is 23.0 Å². The first kappa shape index (κ1) is 27.4. The summed E-state index contributed by atoms with van der Waals surface area (Å²) in [4.78, 5) is 13.6. The zero-order chi connectivity index (χ0) is 27.1. The number of benzene rings is 4. The van der Waals surface area contributed by atoms with Gasteiger partial charge in [-0.2, -0.15) is 0 Å². The van der Waals surface area contributed by atoms with Crippen LogP contribution < -0.4 is 9.62 Å². The summed E-state index contributed by atoms with van der Waals surface area (Å²) >= 11 is 6.06. The first-order valence-electron chi connectivity index (χ1n) is 12.5. The van der Waals surface area contributed by atoms with E-state index in [2.05, 4.69) is 17.4 Å². The molecule has 4 rings (SSSR count). The fourth-order valence-corrected chi connectivity index (χ4v) is 5.78. The zero-order valence-electron chi connectivity index (χ0n) is 21.5. The minimum Gasteiger partial charge on any atom is -0.350 e. The molecule has 0 aliphatic carbocycles. The van der Waals surface area contributed by atoms with Crippen LogP contribution in [0.15, 0.2) is 108 Å². The lowest BCUT2D eigenvalue weighted by Gasteiger charge is -2.27. The second-order valence-electron chi connectivity index (χ2n) is 9.37. The predicted octanol–water partition coefficient (Wildman–Crippen LogP) is 6.80. The number of carbonyl (C=O) groups is 1. The Morgan fingerprint density at radius 1 is 0.842 bits per heavy atom. The van der Waals surface area contributed by atoms with Crippen LogP contribution in [0.4, 0.5) is 5.69 Å². The smallest absolute Gasteiger partial charge is 0.264 e. The number of hydrogen-bond donors (Lipinski definition) is 1. The Hall–Kier alpha value is -3.61. The highest BCUT2D eigenvalue weighted by Gasteiger charge is 2.29. The maximum absolute atomic E-state index is 13.9. The van der Waals surface area contributed by atoms with Crippen LogP contribution in [0, 0.1) is 6.92 Å². The molecule has 0 bridgehead atoms. The van der Waals surface area contributed by atoms with Crippen molar-refractivity contribution in [2.45, 2.75) is 44.2 Å². The van der Waals surface area contributed by atoms with Gasteiger partial charge >= 0.3 is 0 Å². The number of hydrogen-bond acceptors (Lipinski definition) is 3. The van der Waals surface area contributed by atoms with Crippen LogP contribution in [0.2, 0.25) is 5.02 Å². The first-order valence-corrected chi connectivity index (χ1v) is 14.3. The number of nitrogens with zero attached hydrogens (tertiary/aromatic N) is 1. The molecule has 4 aromatic rings. The largest absolute Gasteiger partial charge is 0.350 e. The fourth-order valence-electron chi connectivity index (χ4n) is 4.18. The van der Waals surface area contributed by atoms with Gasteiger partial charge in [-0.3, -0.25) is 9.10 Å². The lowest BCUT2D eigenvalue weighted by molar-refractivity contribution is 0.0939. The zero-order valence-corrected chi connectivity index (χ0v) is 23.0. The molecular weight excluding hydrogens is 516 g/mol. The lowest BCUT2D eigenvalue weighted by Crippen LogP contribution is -2.36.